The van der Waals surface area contributed by atoms with Crippen molar-refractivity contribution in [3.8, 4) is 0 Å². The van der Waals surface area contributed by atoms with Crippen molar-refractivity contribution in [2.75, 3.05) is 12.4 Å². The number of anilines is 1. The molecule has 2 aromatic rings. The highest BCUT2D eigenvalue weighted by molar-refractivity contribution is 5.87. The largest absolute Gasteiger partial charge is 0.464 e. The van der Waals surface area contributed by atoms with Crippen LogP contribution in [0.5, 0.6) is 0 Å². The van der Waals surface area contributed by atoms with E-state index in [-0.39, 0.29) is 5.69 Å². The number of carbonyl (C=O) groups is 1. The van der Waals surface area contributed by atoms with Gasteiger partial charge >= 0.3 is 5.97 Å². The zero-order chi connectivity index (χ0) is 12.1. The van der Waals surface area contributed by atoms with Gasteiger partial charge in [0.1, 0.15) is 5.82 Å². The highest BCUT2D eigenvalue weighted by atomic mass is 16.5. The molecule has 2 heterocycles. The van der Waals surface area contributed by atoms with Gasteiger partial charge in [0.05, 0.1) is 38.1 Å². The molecule has 0 aliphatic rings. The van der Waals surface area contributed by atoms with E-state index in [4.69, 9.17) is 0 Å². The van der Waals surface area contributed by atoms with Crippen molar-refractivity contribution >= 4 is 11.8 Å². The minimum absolute atomic E-state index is 0.169. The van der Waals surface area contributed by atoms with E-state index in [0.717, 1.165) is 5.69 Å². The summed E-state index contributed by atoms with van der Waals surface area (Å²) in [4.78, 5) is 26.0. The highest BCUT2D eigenvalue weighted by Gasteiger charge is 2.08. The second kappa shape index (κ2) is 5.06. The molecule has 0 saturated heterocycles. The second-order valence-electron chi connectivity index (χ2n) is 3.21. The number of hydrogen-bond acceptors (Lipinski definition) is 6. The van der Waals surface area contributed by atoms with Crippen molar-refractivity contribution in [3.05, 3.63) is 36.3 Å². The number of nitrogens with one attached hydrogen (secondary N) is 2. The molecule has 17 heavy (non-hydrogen) atoms. The first-order valence-electron chi connectivity index (χ1n) is 4.91. The molecule has 0 aliphatic carbocycles. The molecule has 7 heteroatoms. The van der Waals surface area contributed by atoms with Gasteiger partial charge < -0.3 is 15.0 Å². The van der Waals surface area contributed by atoms with Crippen LogP contribution in [0.3, 0.4) is 0 Å². The Morgan fingerprint density at radius 1 is 1.41 bits per heavy atom. The fourth-order valence-corrected chi connectivity index (χ4v) is 1.22. The van der Waals surface area contributed by atoms with E-state index in [0.29, 0.717) is 12.4 Å². The van der Waals surface area contributed by atoms with Crippen molar-refractivity contribution in [1.29, 1.82) is 0 Å². The number of ether oxygens (including phenoxy) is 1. The zero-order valence-corrected chi connectivity index (χ0v) is 9.17. The Kier molecular flexibility index (Phi) is 3.29. The van der Waals surface area contributed by atoms with Crippen molar-refractivity contribution in [2.24, 2.45) is 0 Å². The number of methoxy groups -OCH3 is 1. The number of aromatic nitrogens is 4. The summed E-state index contributed by atoms with van der Waals surface area (Å²) in [6.45, 7) is 0.527. The summed E-state index contributed by atoms with van der Waals surface area (Å²) in [6, 6.07) is 0. The molecule has 0 fully saturated rings. The molecule has 2 N–H and O–H groups in total. The Balaban J connectivity index is 2.03. The van der Waals surface area contributed by atoms with Crippen molar-refractivity contribution < 1.29 is 9.53 Å². The summed E-state index contributed by atoms with van der Waals surface area (Å²) in [6.07, 6.45) is 6.17. The van der Waals surface area contributed by atoms with Gasteiger partial charge in [-0.2, -0.15) is 0 Å². The minimum Gasteiger partial charge on any atom is -0.464 e. The lowest BCUT2D eigenvalue weighted by Crippen LogP contribution is -2.08. The summed E-state index contributed by atoms with van der Waals surface area (Å²) in [5, 5.41) is 3.01. The fourth-order valence-electron chi connectivity index (χ4n) is 1.22. The van der Waals surface area contributed by atoms with Crippen molar-refractivity contribution in [2.45, 2.75) is 6.54 Å². The van der Waals surface area contributed by atoms with E-state index in [1.54, 1.807) is 12.5 Å². The van der Waals surface area contributed by atoms with Gasteiger partial charge in [0.25, 0.3) is 0 Å². The second-order valence-corrected chi connectivity index (χ2v) is 3.21. The van der Waals surface area contributed by atoms with Crippen LogP contribution in [-0.4, -0.2) is 33.0 Å². The third-order valence-corrected chi connectivity index (χ3v) is 2.04. The van der Waals surface area contributed by atoms with Crippen LogP contribution in [0.25, 0.3) is 0 Å². The predicted molar refractivity (Wildman–Crippen MR) is 59.3 cm³/mol. The van der Waals surface area contributed by atoms with Crippen LogP contribution in [0, 0.1) is 0 Å². The average molecular weight is 233 g/mol. The summed E-state index contributed by atoms with van der Waals surface area (Å²) >= 11 is 0. The Morgan fingerprint density at radius 2 is 2.29 bits per heavy atom. The lowest BCUT2D eigenvalue weighted by atomic mass is 10.4. The molecule has 0 aromatic carbocycles. The lowest BCUT2D eigenvalue weighted by molar-refractivity contribution is 0.0593. The van der Waals surface area contributed by atoms with E-state index in [1.165, 1.54) is 19.5 Å². The van der Waals surface area contributed by atoms with E-state index in [9.17, 15) is 4.79 Å². The fraction of sp³-hybridized carbons (Fsp3) is 0.200. The van der Waals surface area contributed by atoms with Crippen LogP contribution in [0.2, 0.25) is 0 Å². The van der Waals surface area contributed by atoms with Crippen LogP contribution in [0.1, 0.15) is 16.2 Å². The molecular formula is C10H11N5O2. The summed E-state index contributed by atoms with van der Waals surface area (Å²) in [5.41, 5.74) is 1.08. The molecular weight excluding hydrogens is 222 g/mol. The van der Waals surface area contributed by atoms with Crippen LogP contribution < -0.4 is 5.32 Å². The van der Waals surface area contributed by atoms with Gasteiger partial charge in [-0.25, -0.2) is 14.8 Å². The molecule has 0 spiro atoms. The summed E-state index contributed by atoms with van der Waals surface area (Å²) in [7, 11) is 1.30. The molecule has 88 valence electrons. The molecule has 2 aromatic heterocycles. The molecule has 0 unspecified atom stereocenters. The number of esters is 1. The molecule has 0 radical (unpaired) electrons. The first-order valence-corrected chi connectivity index (χ1v) is 4.91. The maximum absolute atomic E-state index is 11.2. The third kappa shape index (κ3) is 2.77. The van der Waals surface area contributed by atoms with Gasteiger partial charge in [-0.3, -0.25) is 4.98 Å². The molecule has 0 atom stereocenters. The van der Waals surface area contributed by atoms with Gasteiger partial charge in [0.15, 0.2) is 5.69 Å². The molecule has 0 bridgehead atoms. The number of rotatable bonds is 4. The maximum atomic E-state index is 11.2. The maximum Gasteiger partial charge on any atom is 0.358 e. The van der Waals surface area contributed by atoms with E-state index < -0.39 is 5.97 Å². The number of imidazole rings is 1. The van der Waals surface area contributed by atoms with Gasteiger partial charge in [0.2, 0.25) is 0 Å². The first kappa shape index (κ1) is 11.1. The van der Waals surface area contributed by atoms with Gasteiger partial charge in [-0.1, -0.05) is 0 Å². The van der Waals surface area contributed by atoms with Gasteiger partial charge in [-0.15, -0.1) is 0 Å². The number of aromatic amines is 1. The number of carbonyl (C=O) groups excluding carboxylic acids is 1. The van der Waals surface area contributed by atoms with Crippen LogP contribution in [-0.2, 0) is 11.3 Å². The van der Waals surface area contributed by atoms with Crippen molar-refractivity contribution in [3.63, 3.8) is 0 Å². The van der Waals surface area contributed by atoms with E-state index >= 15 is 0 Å². The first-order chi connectivity index (χ1) is 8.29. The topological polar surface area (TPSA) is 92.8 Å². The normalized spacial score (nSPS) is 9.94. The van der Waals surface area contributed by atoms with Crippen LogP contribution in [0.15, 0.2) is 24.9 Å². The van der Waals surface area contributed by atoms with Crippen molar-refractivity contribution in [1.82, 2.24) is 19.9 Å². The van der Waals surface area contributed by atoms with Crippen LogP contribution >= 0.6 is 0 Å². The van der Waals surface area contributed by atoms with E-state index in [2.05, 4.69) is 30.0 Å². The van der Waals surface area contributed by atoms with Gasteiger partial charge in [-0.05, 0) is 0 Å². The molecule has 0 saturated carbocycles. The molecule has 2 rings (SSSR count). The number of H-pyrrole nitrogens is 1. The standard InChI is InChI=1S/C10H11N5O2/c1-17-10(16)8-4-11-5-9(15-8)13-3-7-2-12-6-14-7/h2,4-6H,3H2,1H3,(H,12,14)(H,13,15). The van der Waals surface area contributed by atoms with Gasteiger partial charge in [0, 0.05) is 6.20 Å². The molecule has 7 nitrogen and oxygen atoms in total. The minimum atomic E-state index is -0.511. The Hall–Kier alpha value is -2.44. The smallest absolute Gasteiger partial charge is 0.358 e. The highest BCUT2D eigenvalue weighted by Crippen LogP contribution is 2.04. The summed E-state index contributed by atoms with van der Waals surface area (Å²) < 4.78 is 4.56. The van der Waals surface area contributed by atoms with E-state index in [1.807, 2.05) is 0 Å². The molecule has 0 amide bonds. The summed E-state index contributed by atoms with van der Waals surface area (Å²) in [5.74, 6) is -0.00908. The Morgan fingerprint density at radius 3 is 3.00 bits per heavy atom. The zero-order valence-electron chi connectivity index (χ0n) is 9.17. The monoisotopic (exact) mass is 233 g/mol. The number of hydrogen-bond donors (Lipinski definition) is 2. The predicted octanol–water partition coefficient (Wildman–Crippen LogP) is 0.598. The third-order valence-electron chi connectivity index (χ3n) is 2.04. The Bertz CT molecular complexity index is 497. The SMILES string of the molecule is COC(=O)c1cncc(NCc2cnc[nH]2)n1. The quantitative estimate of drug-likeness (QED) is 0.751. The Labute approximate surface area is 97.3 Å². The average Bonchev–Trinajstić information content (AvgIpc) is 2.89. The lowest BCUT2D eigenvalue weighted by Gasteiger charge is -2.04. The molecule has 0 aliphatic heterocycles. The number of nitrogens with zero attached hydrogens (tertiary/aromatic N) is 3. The van der Waals surface area contributed by atoms with Crippen LogP contribution in [0.4, 0.5) is 5.82 Å².